The number of halogens is 2. The molecule has 1 aromatic carbocycles. The highest BCUT2D eigenvalue weighted by Gasteiger charge is 2.21. The molecule has 100 valence electrons. The monoisotopic (exact) mass is 313 g/mol. The third-order valence-corrected chi connectivity index (χ3v) is 4.36. The van der Waals surface area contributed by atoms with Crippen molar-refractivity contribution in [3.8, 4) is 0 Å². The van der Waals surface area contributed by atoms with Gasteiger partial charge >= 0.3 is 0 Å². The number of hydrogen-bond acceptors (Lipinski definition) is 1. The summed E-state index contributed by atoms with van der Waals surface area (Å²) in [5.41, 5.74) is 1.06. The van der Waals surface area contributed by atoms with Gasteiger partial charge < -0.3 is 0 Å². The molecule has 1 aliphatic rings. The van der Waals surface area contributed by atoms with Crippen molar-refractivity contribution >= 4 is 15.9 Å². The van der Waals surface area contributed by atoms with E-state index in [2.05, 4.69) is 34.7 Å². The molecule has 1 fully saturated rings. The summed E-state index contributed by atoms with van der Waals surface area (Å²) in [5.74, 6) is 1.49. The Morgan fingerprint density at radius 2 is 1.94 bits per heavy atom. The lowest BCUT2D eigenvalue weighted by molar-refractivity contribution is 0.152. The molecular weight excluding hydrogens is 293 g/mol. The van der Waals surface area contributed by atoms with Gasteiger partial charge in [-0.3, -0.25) is 4.90 Å². The van der Waals surface area contributed by atoms with Gasteiger partial charge in [-0.05, 0) is 61.5 Å². The van der Waals surface area contributed by atoms with Crippen LogP contribution in [0.25, 0.3) is 0 Å². The number of likely N-dealkylation sites (tertiary alicyclic amines) is 1. The molecule has 0 saturated carbocycles. The molecule has 18 heavy (non-hydrogen) atoms. The highest BCUT2D eigenvalue weighted by atomic mass is 79.9. The Balaban J connectivity index is 1.91. The van der Waals surface area contributed by atoms with Crippen LogP contribution in [0.4, 0.5) is 4.39 Å². The van der Waals surface area contributed by atoms with Crippen LogP contribution in [0.2, 0.25) is 0 Å². The number of hydrogen-bond donors (Lipinski definition) is 0. The van der Waals surface area contributed by atoms with Crippen molar-refractivity contribution in [2.75, 3.05) is 13.1 Å². The smallest absolute Gasteiger partial charge is 0.124 e. The Bertz CT molecular complexity index is 377. The predicted molar refractivity (Wildman–Crippen MR) is 76.9 cm³/mol. The molecule has 0 bridgehead atoms. The minimum Gasteiger partial charge on any atom is -0.299 e. The van der Waals surface area contributed by atoms with Crippen LogP contribution >= 0.6 is 15.9 Å². The summed E-state index contributed by atoms with van der Waals surface area (Å²) in [6.07, 6.45) is 2.54. The van der Waals surface area contributed by atoms with Crippen LogP contribution in [-0.2, 0) is 6.54 Å². The summed E-state index contributed by atoms with van der Waals surface area (Å²) in [4.78, 5) is 2.43. The molecular formula is C15H21BrFN. The van der Waals surface area contributed by atoms with Crippen molar-refractivity contribution in [3.63, 3.8) is 0 Å². The van der Waals surface area contributed by atoms with Gasteiger partial charge in [-0.25, -0.2) is 4.39 Å². The van der Waals surface area contributed by atoms with Gasteiger partial charge in [0, 0.05) is 11.0 Å². The van der Waals surface area contributed by atoms with Gasteiger partial charge in [-0.1, -0.05) is 29.8 Å². The topological polar surface area (TPSA) is 3.24 Å². The summed E-state index contributed by atoms with van der Waals surface area (Å²) in [6.45, 7) is 7.75. The van der Waals surface area contributed by atoms with Crippen molar-refractivity contribution in [1.29, 1.82) is 0 Å². The predicted octanol–water partition coefficient (Wildman–Crippen LogP) is 4.46. The fourth-order valence-corrected chi connectivity index (χ4v) is 3.25. The van der Waals surface area contributed by atoms with Crippen LogP contribution in [0.5, 0.6) is 0 Å². The second-order valence-corrected chi connectivity index (χ2v) is 6.55. The first-order valence-electron chi connectivity index (χ1n) is 6.72. The molecule has 1 saturated heterocycles. The SMILES string of the molecule is CC(C)C1CCN(Cc2cc(F)cc(Br)c2)CC1. The second kappa shape index (κ2) is 6.16. The Hall–Kier alpha value is -0.410. The molecule has 1 nitrogen and oxygen atoms in total. The van der Waals surface area contributed by atoms with E-state index < -0.39 is 0 Å². The third kappa shape index (κ3) is 3.79. The lowest BCUT2D eigenvalue weighted by Crippen LogP contribution is -2.34. The Labute approximate surface area is 118 Å². The molecule has 0 atom stereocenters. The quantitative estimate of drug-likeness (QED) is 0.796. The van der Waals surface area contributed by atoms with Crippen LogP contribution in [0.15, 0.2) is 22.7 Å². The third-order valence-electron chi connectivity index (χ3n) is 3.90. The first-order chi connectivity index (χ1) is 8.54. The van der Waals surface area contributed by atoms with Crippen molar-refractivity contribution in [3.05, 3.63) is 34.1 Å². The van der Waals surface area contributed by atoms with Crippen LogP contribution in [0, 0.1) is 17.7 Å². The van der Waals surface area contributed by atoms with Crippen LogP contribution < -0.4 is 0 Å². The molecule has 0 amide bonds. The summed E-state index contributed by atoms with van der Waals surface area (Å²) >= 11 is 3.35. The van der Waals surface area contributed by atoms with Gasteiger partial charge in [-0.15, -0.1) is 0 Å². The van der Waals surface area contributed by atoms with E-state index in [-0.39, 0.29) is 5.82 Å². The molecule has 1 aromatic rings. The first-order valence-corrected chi connectivity index (χ1v) is 7.51. The lowest BCUT2D eigenvalue weighted by atomic mass is 9.86. The largest absolute Gasteiger partial charge is 0.299 e. The molecule has 0 radical (unpaired) electrons. The molecule has 1 heterocycles. The maximum atomic E-state index is 13.3. The zero-order valence-corrected chi connectivity index (χ0v) is 12.7. The lowest BCUT2D eigenvalue weighted by Gasteiger charge is -2.33. The maximum Gasteiger partial charge on any atom is 0.124 e. The Kier molecular flexibility index (Phi) is 4.79. The van der Waals surface area contributed by atoms with Gasteiger partial charge in [0.15, 0.2) is 0 Å². The highest BCUT2D eigenvalue weighted by Crippen LogP contribution is 2.25. The van der Waals surface area contributed by atoms with E-state index >= 15 is 0 Å². The van der Waals surface area contributed by atoms with Crippen LogP contribution in [0.3, 0.4) is 0 Å². The van der Waals surface area contributed by atoms with E-state index in [0.29, 0.717) is 0 Å². The van der Waals surface area contributed by atoms with E-state index in [0.717, 1.165) is 41.5 Å². The molecule has 3 heteroatoms. The molecule has 0 aromatic heterocycles. The summed E-state index contributed by atoms with van der Waals surface area (Å²) in [6, 6.07) is 5.16. The zero-order valence-electron chi connectivity index (χ0n) is 11.1. The molecule has 1 aliphatic heterocycles. The van der Waals surface area contributed by atoms with Crippen molar-refractivity contribution in [2.45, 2.75) is 33.2 Å². The summed E-state index contributed by atoms with van der Waals surface area (Å²) < 4.78 is 14.1. The average molecular weight is 314 g/mol. The number of nitrogens with zero attached hydrogens (tertiary/aromatic N) is 1. The molecule has 0 aliphatic carbocycles. The van der Waals surface area contributed by atoms with Gasteiger partial charge in [0.05, 0.1) is 0 Å². The highest BCUT2D eigenvalue weighted by molar-refractivity contribution is 9.10. The number of benzene rings is 1. The van der Waals surface area contributed by atoms with E-state index in [1.165, 1.54) is 18.9 Å². The Morgan fingerprint density at radius 1 is 1.28 bits per heavy atom. The first kappa shape index (κ1) is 14.0. The van der Waals surface area contributed by atoms with Gasteiger partial charge in [-0.2, -0.15) is 0 Å². The van der Waals surface area contributed by atoms with E-state index in [4.69, 9.17) is 0 Å². The molecule has 2 rings (SSSR count). The van der Waals surface area contributed by atoms with Crippen molar-refractivity contribution in [1.82, 2.24) is 4.90 Å². The number of piperidine rings is 1. The van der Waals surface area contributed by atoms with Gasteiger partial charge in [0.2, 0.25) is 0 Å². The molecule has 0 N–H and O–H groups in total. The average Bonchev–Trinajstić information content (AvgIpc) is 2.28. The summed E-state index contributed by atoms with van der Waals surface area (Å²) in [5, 5.41) is 0. The van der Waals surface area contributed by atoms with Crippen molar-refractivity contribution < 1.29 is 4.39 Å². The number of rotatable bonds is 3. The van der Waals surface area contributed by atoms with E-state index in [1.807, 2.05) is 6.07 Å². The maximum absolute atomic E-state index is 13.3. The van der Waals surface area contributed by atoms with Gasteiger partial charge in [0.25, 0.3) is 0 Å². The minimum absolute atomic E-state index is 0.156. The van der Waals surface area contributed by atoms with E-state index in [1.54, 1.807) is 6.07 Å². The van der Waals surface area contributed by atoms with Crippen LogP contribution in [0.1, 0.15) is 32.3 Å². The fourth-order valence-electron chi connectivity index (χ4n) is 2.74. The zero-order chi connectivity index (χ0) is 13.1. The van der Waals surface area contributed by atoms with E-state index in [9.17, 15) is 4.39 Å². The molecule has 0 spiro atoms. The second-order valence-electron chi connectivity index (χ2n) is 5.64. The minimum atomic E-state index is -0.156. The van der Waals surface area contributed by atoms with Crippen LogP contribution in [-0.4, -0.2) is 18.0 Å². The Morgan fingerprint density at radius 3 is 2.50 bits per heavy atom. The summed E-state index contributed by atoms with van der Waals surface area (Å²) in [7, 11) is 0. The normalized spacial score (nSPS) is 18.5. The standard InChI is InChI=1S/C15H21BrFN/c1-11(2)13-3-5-18(6-4-13)10-12-7-14(16)9-15(17)8-12/h7-9,11,13H,3-6,10H2,1-2H3. The van der Waals surface area contributed by atoms with Crippen molar-refractivity contribution in [2.24, 2.45) is 11.8 Å². The fraction of sp³-hybridized carbons (Fsp3) is 0.600. The molecule has 0 unspecified atom stereocenters. The van der Waals surface area contributed by atoms with Gasteiger partial charge in [0.1, 0.15) is 5.82 Å².